The minimum Gasteiger partial charge on any atom is -0.491 e. The van der Waals surface area contributed by atoms with E-state index in [-0.39, 0.29) is 6.04 Å². The molecule has 102 valence electrons. The average molecular weight is 274 g/mol. The summed E-state index contributed by atoms with van der Waals surface area (Å²) in [6, 6.07) is 5.33. The molecule has 5 heteroatoms. The fourth-order valence-corrected chi connectivity index (χ4v) is 1.64. The molecular weight excluding hydrogens is 254 g/mol. The molecule has 1 aromatic rings. The molecule has 4 nitrogen and oxygen atoms in total. The van der Waals surface area contributed by atoms with E-state index in [0.29, 0.717) is 31.5 Å². The van der Waals surface area contributed by atoms with Gasteiger partial charge in [0.05, 0.1) is 19.8 Å². The number of methoxy groups -OCH3 is 1. The van der Waals surface area contributed by atoms with Gasteiger partial charge in [0.15, 0.2) is 0 Å². The minimum absolute atomic E-state index is 0.117. The number of hydrogen-bond acceptors (Lipinski definition) is 4. The molecule has 0 spiro atoms. The van der Waals surface area contributed by atoms with E-state index >= 15 is 0 Å². The standard InChI is InChI=1S/C13H20ClNO3/c1-10(15)12-9-11(14)3-4-13(12)18-8-7-17-6-5-16-2/h3-4,9-10H,5-8,15H2,1-2H3/t10-/m0/s1. The van der Waals surface area contributed by atoms with Crippen LogP contribution in [0.5, 0.6) is 5.75 Å². The highest BCUT2D eigenvalue weighted by atomic mass is 35.5. The summed E-state index contributed by atoms with van der Waals surface area (Å²) < 4.78 is 15.8. The van der Waals surface area contributed by atoms with Crippen molar-refractivity contribution in [1.82, 2.24) is 0 Å². The molecule has 1 rings (SSSR count). The molecule has 0 aromatic heterocycles. The number of benzene rings is 1. The number of hydrogen-bond donors (Lipinski definition) is 1. The minimum atomic E-state index is -0.117. The summed E-state index contributed by atoms with van der Waals surface area (Å²) in [7, 11) is 1.64. The van der Waals surface area contributed by atoms with E-state index in [1.807, 2.05) is 19.1 Å². The first-order valence-corrected chi connectivity index (χ1v) is 6.27. The molecule has 2 N–H and O–H groups in total. The third kappa shape index (κ3) is 5.23. The van der Waals surface area contributed by atoms with Gasteiger partial charge < -0.3 is 19.9 Å². The van der Waals surface area contributed by atoms with Gasteiger partial charge in [0.1, 0.15) is 12.4 Å². The lowest BCUT2D eigenvalue weighted by Gasteiger charge is -2.14. The van der Waals surface area contributed by atoms with E-state index in [4.69, 9.17) is 31.5 Å². The van der Waals surface area contributed by atoms with Gasteiger partial charge in [0.25, 0.3) is 0 Å². The van der Waals surface area contributed by atoms with Crippen LogP contribution in [-0.4, -0.2) is 33.5 Å². The van der Waals surface area contributed by atoms with Crippen molar-refractivity contribution in [2.45, 2.75) is 13.0 Å². The maximum absolute atomic E-state index is 5.93. The Labute approximate surface area is 113 Å². The second-order valence-electron chi connectivity index (χ2n) is 3.92. The van der Waals surface area contributed by atoms with Crippen LogP contribution in [0.3, 0.4) is 0 Å². The van der Waals surface area contributed by atoms with Crippen LogP contribution in [-0.2, 0) is 9.47 Å². The van der Waals surface area contributed by atoms with Crippen molar-refractivity contribution in [3.8, 4) is 5.75 Å². The fourth-order valence-electron chi connectivity index (χ4n) is 1.46. The zero-order chi connectivity index (χ0) is 13.4. The van der Waals surface area contributed by atoms with Gasteiger partial charge >= 0.3 is 0 Å². The Kier molecular flexibility index (Phi) is 7.05. The molecule has 0 unspecified atom stereocenters. The summed E-state index contributed by atoms with van der Waals surface area (Å²) in [6.45, 7) is 4.05. The second kappa shape index (κ2) is 8.32. The number of rotatable bonds is 8. The zero-order valence-corrected chi connectivity index (χ0v) is 11.6. The van der Waals surface area contributed by atoms with Crippen molar-refractivity contribution < 1.29 is 14.2 Å². The van der Waals surface area contributed by atoms with Crippen molar-refractivity contribution in [2.24, 2.45) is 5.73 Å². The predicted octanol–water partition coefficient (Wildman–Crippen LogP) is 2.40. The molecule has 0 saturated carbocycles. The highest BCUT2D eigenvalue weighted by Crippen LogP contribution is 2.27. The van der Waals surface area contributed by atoms with Gasteiger partial charge in [-0.25, -0.2) is 0 Å². The first-order chi connectivity index (χ1) is 8.65. The molecule has 0 amide bonds. The van der Waals surface area contributed by atoms with Gasteiger partial charge in [-0.2, -0.15) is 0 Å². The van der Waals surface area contributed by atoms with Crippen molar-refractivity contribution in [1.29, 1.82) is 0 Å². The van der Waals surface area contributed by atoms with E-state index in [0.717, 1.165) is 11.3 Å². The summed E-state index contributed by atoms with van der Waals surface area (Å²) in [5.41, 5.74) is 6.77. The molecule has 0 saturated heterocycles. The molecule has 18 heavy (non-hydrogen) atoms. The van der Waals surface area contributed by atoms with Crippen LogP contribution in [0.1, 0.15) is 18.5 Å². The molecule has 1 aromatic carbocycles. The Bertz CT molecular complexity index is 358. The maximum Gasteiger partial charge on any atom is 0.124 e. The number of halogens is 1. The molecule has 0 bridgehead atoms. The summed E-state index contributed by atoms with van der Waals surface area (Å²) in [4.78, 5) is 0. The summed E-state index contributed by atoms with van der Waals surface area (Å²) in [5, 5.41) is 0.658. The molecular formula is C13H20ClNO3. The molecule has 0 aliphatic heterocycles. The zero-order valence-electron chi connectivity index (χ0n) is 10.8. The Morgan fingerprint density at radius 2 is 1.94 bits per heavy atom. The molecule has 0 aliphatic rings. The van der Waals surface area contributed by atoms with Crippen LogP contribution < -0.4 is 10.5 Å². The van der Waals surface area contributed by atoms with Gasteiger partial charge in [-0.3, -0.25) is 0 Å². The van der Waals surface area contributed by atoms with Crippen molar-refractivity contribution >= 4 is 11.6 Å². The lowest BCUT2D eigenvalue weighted by atomic mass is 10.1. The first-order valence-electron chi connectivity index (χ1n) is 5.89. The van der Waals surface area contributed by atoms with E-state index < -0.39 is 0 Å². The average Bonchev–Trinajstić information content (AvgIpc) is 2.35. The quantitative estimate of drug-likeness (QED) is 0.739. The highest BCUT2D eigenvalue weighted by Gasteiger charge is 2.08. The van der Waals surface area contributed by atoms with Crippen LogP contribution in [0.25, 0.3) is 0 Å². The van der Waals surface area contributed by atoms with E-state index in [1.165, 1.54) is 0 Å². The third-order valence-corrected chi connectivity index (χ3v) is 2.61. The Balaban J connectivity index is 2.42. The summed E-state index contributed by atoms with van der Waals surface area (Å²) >= 11 is 5.93. The topological polar surface area (TPSA) is 53.7 Å². The van der Waals surface area contributed by atoms with Gasteiger partial charge in [0, 0.05) is 23.7 Å². The van der Waals surface area contributed by atoms with E-state index in [9.17, 15) is 0 Å². The van der Waals surface area contributed by atoms with Gasteiger partial charge in [-0.15, -0.1) is 0 Å². The smallest absolute Gasteiger partial charge is 0.124 e. The molecule has 0 radical (unpaired) electrons. The van der Waals surface area contributed by atoms with E-state index in [2.05, 4.69) is 0 Å². The van der Waals surface area contributed by atoms with Crippen LogP contribution in [0.2, 0.25) is 5.02 Å². The van der Waals surface area contributed by atoms with Crippen molar-refractivity contribution in [3.63, 3.8) is 0 Å². The SMILES string of the molecule is COCCOCCOc1ccc(Cl)cc1[C@H](C)N. The third-order valence-electron chi connectivity index (χ3n) is 2.38. The van der Waals surface area contributed by atoms with Crippen LogP contribution in [0, 0.1) is 0 Å². The maximum atomic E-state index is 5.93. The molecule has 0 fully saturated rings. The first kappa shape index (κ1) is 15.2. The van der Waals surface area contributed by atoms with Gasteiger partial charge in [-0.05, 0) is 25.1 Å². The van der Waals surface area contributed by atoms with Gasteiger partial charge in [0.2, 0.25) is 0 Å². The van der Waals surface area contributed by atoms with Crippen LogP contribution >= 0.6 is 11.6 Å². The van der Waals surface area contributed by atoms with Crippen LogP contribution in [0.15, 0.2) is 18.2 Å². The lowest BCUT2D eigenvalue weighted by Crippen LogP contribution is -2.12. The normalized spacial score (nSPS) is 12.4. The lowest BCUT2D eigenvalue weighted by molar-refractivity contribution is 0.0542. The Hall–Kier alpha value is -0.810. The van der Waals surface area contributed by atoms with Gasteiger partial charge in [-0.1, -0.05) is 11.6 Å². The number of ether oxygens (including phenoxy) is 3. The Morgan fingerprint density at radius 1 is 1.22 bits per heavy atom. The predicted molar refractivity (Wildman–Crippen MR) is 72.2 cm³/mol. The van der Waals surface area contributed by atoms with Crippen molar-refractivity contribution in [3.05, 3.63) is 28.8 Å². The number of nitrogens with two attached hydrogens (primary N) is 1. The second-order valence-corrected chi connectivity index (χ2v) is 4.36. The molecule has 1 atom stereocenters. The van der Waals surface area contributed by atoms with Crippen molar-refractivity contribution in [2.75, 3.05) is 33.5 Å². The molecule has 0 aliphatic carbocycles. The largest absolute Gasteiger partial charge is 0.491 e. The summed E-state index contributed by atoms with van der Waals surface area (Å²) in [5.74, 6) is 0.754. The van der Waals surface area contributed by atoms with Crippen LogP contribution in [0.4, 0.5) is 0 Å². The highest BCUT2D eigenvalue weighted by molar-refractivity contribution is 6.30. The summed E-state index contributed by atoms with van der Waals surface area (Å²) in [6.07, 6.45) is 0. The molecule has 0 heterocycles. The Morgan fingerprint density at radius 3 is 2.61 bits per heavy atom. The fraction of sp³-hybridized carbons (Fsp3) is 0.538. The monoisotopic (exact) mass is 273 g/mol. The van der Waals surface area contributed by atoms with E-state index in [1.54, 1.807) is 13.2 Å².